The first kappa shape index (κ1) is 12.6. The summed E-state index contributed by atoms with van der Waals surface area (Å²) in [5, 5.41) is 10.4. The molecule has 0 radical (unpaired) electrons. The average Bonchev–Trinajstić information content (AvgIpc) is 2.74. The van der Waals surface area contributed by atoms with E-state index in [1.165, 1.54) is 0 Å². The maximum absolute atomic E-state index is 11.6. The van der Waals surface area contributed by atoms with Crippen molar-refractivity contribution in [1.29, 1.82) is 0 Å². The lowest BCUT2D eigenvalue weighted by Crippen LogP contribution is -2.28. The van der Waals surface area contributed by atoms with Crippen molar-refractivity contribution < 1.29 is 4.79 Å². The van der Waals surface area contributed by atoms with Crippen molar-refractivity contribution in [3.8, 4) is 0 Å². The third-order valence-electron chi connectivity index (χ3n) is 2.44. The quantitative estimate of drug-likeness (QED) is 0.714. The molecule has 1 atom stereocenters. The summed E-state index contributed by atoms with van der Waals surface area (Å²) >= 11 is 0. The van der Waals surface area contributed by atoms with Gasteiger partial charge in [0, 0.05) is 13.1 Å². The van der Waals surface area contributed by atoms with Crippen LogP contribution in [-0.4, -0.2) is 34.0 Å². The van der Waals surface area contributed by atoms with E-state index in [1.54, 1.807) is 10.9 Å². The van der Waals surface area contributed by atoms with Crippen LogP contribution in [0.5, 0.6) is 0 Å². The summed E-state index contributed by atoms with van der Waals surface area (Å²) in [6, 6.07) is 0. The fourth-order valence-corrected chi connectivity index (χ4v) is 1.15. The number of amides is 1. The fourth-order valence-electron chi connectivity index (χ4n) is 1.15. The van der Waals surface area contributed by atoms with Gasteiger partial charge in [0.1, 0.15) is 0 Å². The van der Waals surface area contributed by atoms with Crippen molar-refractivity contribution in [3.05, 3.63) is 11.9 Å². The Kier molecular flexibility index (Phi) is 4.91. The van der Waals surface area contributed by atoms with Crippen molar-refractivity contribution in [2.75, 3.05) is 13.1 Å². The molecular formula is C10H19N5O. The minimum Gasteiger partial charge on any atom is -0.350 e. The van der Waals surface area contributed by atoms with Gasteiger partial charge < -0.3 is 11.1 Å². The summed E-state index contributed by atoms with van der Waals surface area (Å²) in [6.07, 6.45) is 2.65. The number of nitrogens with one attached hydrogen (secondary N) is 1. The van der Waals surface area contributed by atoms with Crippen LogP contribution in [0.3, 0.4) is 0 Å². The van der Waals surface area contributed by atoms with E-state index >= 15 is 0 Å². The maximum Gasteiger partial charge on any atom is 0.273 e. The fraction of sp³-hybridized carbons (Fsp3) is 0.700. The SMILES string of the molecule is CCC(C)CNC(=O)c1cn(CCN)nn1. The summed E-state index contributed by atoms with van der Waals surface area (Å²) in [5.41, 5.74) is 5.72. The van der Waals surface area contributed by atoms with Gasteiger partial charge in [0.05, 0.1) is 12.7 Å². The van der Waals surface area contributed by atoms with E-state index in [2.05, 4.69) is 29.5 Å². The topological polar surface area (TPSA) is 85.8 Å². The standard InChI is InChI=1S/C10H19N5O/c1-3-8(2)6-12-10(16)9-7-15(5-4-11)14-13-9/h7-8H,3-6,11H2,1-2H3,(H,12,16). The van der Waals surface area contributed by atoms with Crippen LogP contribution in [0, 0.1) is 5.92 Å². The molecule has 16 heavy (non-hydrogen) atoms. The van der Waals surface area contributed by atoms with E-state index in [4.69, 9.17) is 5.73 Å². The number of rotatable bonds is 6. The molecule has 6 nitrogen and oxygen atoms in total. The first-order valence-corrected chi connectivity index (χ1v) is 5.55. The van der Waals surface area contributed by atoms with Crippen molar-refractivity contribution in [2.45, 2.75) is 26.8 Å². The molecular weight excluding hydrogens is 206 g/mol. The maximum atomic E-state index is 11.6. The molecule has 90 valence electrons. The number of aromatic nitrogens is 3. The van der Waals surface area contributed by atoms with E-state index in [0.29, 0.717) is 31.2 Å². The van der Waals surface area contributed by atoms with E-state index in [1.807, 2.05) is 0 Å². The second-order valence-electron chi connectivity index (χ2n) is 3.88. The van der Waals surface area contributed by atoms with Crippen LogP contribution in [0.1, 0.15) is 30.8 Å². The number of nitrogens with two attached hydrogens (primary N) is 1. The van der Waals surface area contributed by atoms with E-state index in [-0.39, 0.29) is 5.91 Å². The lowest BCUT2D eigenvalue weighted by molar-refractivity contribution is 0.0942. The zero-order chi connectivity index (χ0) is 12.0. The Labute approximate surface area is 95.2 Å². The first-order valence-electron chi connectivity index (χ1n) is 5.55. The van der Waals surface area contributed by atoms with Gasteiger partial charge in [0.15, 0.2) is 5.69 Å². The van der Waals surface area contributed by atoms with Crippen LogP contribution in [-0.2, 0) is 6.54 Å². The van der Waals surface area contributed by atoms with Crippen LogP contribution in [0.4, 0.5) is 0 Å². The Balaban J connectivity index is 2.46. The molecule has 0 aromatic carbocycles. The predicted octanol–water partition coefficient (Wildman–Crippen LogP) is 0.0127. The zero-order valence-corrected chi connectivity index (χ0v) is 9.81. The highest BCUT2D eigenvalue weighted by atomic mass is 16.2. The number of carbonyl (C=O) groups is 1. The van der Waals surface area contributed by atoms with E-state index in [0.717, 1.165) is 6.42 Å². The van der Waals surface area contributed by atoms with Crippen molar-refractivity contribution in [2.24, 2.45) is 11.7 Å². The Morgan fingerprint density at radius 3 is 3.06 bits per heavy atom. The second kappa shape index (κ2) is 6.22. The Hall–Kier alpha value is -1.43. The Morgan fingerprint density at radius 1 is 1.69 bits per heavy atom. The lowest BCUT2D eigenvalue weighted by Gasteiger charge is -2.08. The molecule has 0 saturated carbocycles. The van der Waals surface area contributed by atoms with E-state index in [9.17, 15) is 4.79 Å². The lowest BCUT2D eigenvalue weighted by atomic mass is 10.1. The molecule has 1 amide bonds. The van der Waals surface area contributed by atoms with Gasteiger partial charge >= 0.3 is 0 Å². The predicted molar refractivity (Wildman–Crippen MR) is 60.9 cm³/mol. The number of hydrogen-bond acceptors (Lipinski definition) is 4. The molecule has 0 aliphatic heterocycles. The van der Waals surface area contributed by atoms with Crippen molar-refractivity contribution in [3.63, 3.8) is 0 Å². The summed E-state index contributed by atoms with van der Waals surface area (Å²) < 4.78 is 1.57. The van der Waals surface area contributed by atoms with Gasteiger partial charge in [-0.15, -0.1) is 5.10 Å². The van der Waals surface area contributed by atoms with Gasteiger partial charge in [0.25, 0.3) is 5.91 Å². The Morgan fingerprint density at radius 2 is 2.44 bits per heavy atom. The third-order valence-corrected chi connectivity index (χ3v) is 2.44. The minimum absolute atomic E-state index is 0.177. The highest BCUT2D eigenvalue weighted by Crippen LogP contribution is 1.99. The number of carbonyl (C=O) groups excluding carboxylic acids is 1. The van der Waals surface area contributed by atoms with Crippen molar-refractivity contribution in [1.82, 2.24) is 20.3 Å². The van der Waals surface area contributed by atoms with Gasteiger partial charge in [-0.3, -0.25) is 9.48 Å². The van der Waals surface area contributed by atoms with Gasteiger partial charge in [-0.2, -0.15) is 0 Å². The Bertz CT molecular complexity index is 336. The molecule has 1 heterocycles. The molecule has 0 aliphatic carbocycles. The molecule has 0 saturated heterocycles. The molecule has 6 heteroatoms. The van der Waals surface area contributed by atoms with Crippen LogP contribution in [0.2, 0.25) is 0 Å². The highest BCUT2D eigenvalue weighted by Gasteiger charge is 2.10. The van der Waals surface area contributed by atoms with Crippen LogP contribution >= 0.6 is 0 Å². The largest absolute Gasteiger partial charge is 0.350 e. The zero-order valence-electron chi connectivity index (χ0n) is 9.81. The molecule has 0 fully saturated rings. The normalized spacial score (nSPS) is 12.4. The van der Waals surface area contributed by atoms with Crippen LogP contribution in [0.15, 0.2) is 6.20 Å². The minimum atomic E-state index is -0.177. The molecule has 1 aromatic heterocycles. The van der Waals surface area contributed by atoms with E-state index < -0.39 is 0 Å². The average molecular weight is 225 g/mol. The third kappa shape index (κ3) is 3.62. The van der Waals surface area contributed by atoms with Gasteiger partial charge in [-0.05, 0) is 5.92 Å². The first-order chi connectivity index (χ1) is 7.67. The van der Waals surface area contributed by atoms with Crippen LogP contribution < -0.4 is 11.1 Å². The molecule has 0 spiro atoms. The number of nitrogens with zero attached hydrogens (tertiary/aromatic N) is 3. The molecule has 0 bridgehead atoms. The molecule has 1 aromatic rings. The molecule has 3 N–H and O–H groups in total. The highest BCUT2D eigenvalue weighted by molar-refractivity contribution is 5.91. The molecule has 1 rings (SSSR count). The van der Waals surface area contributed by atoms with Crippen LogP contribution in [0.25, 0.3) is 0 Å². The molecule has 1 unspecified atom stereocenters. The van der Waals surface area contributed by atoms with Gasteiger partial charge in [-0.25, -0.2) is 0 Å². The smallest absolute Gasteiger partial charge is 0.273 e. The van der Waals surface area contributed by atoms with Gasteiger partial charge in [-0.1, -0.05) is 25.5 Å². The number of hydrogen-bond donors (Lipinski definition) is 2. The monoisotopic (exact) mass is 225 g/mol. The van der Waals surface area contributed by atoms with Gasteiger partial charge in [0.2, 0.25) is 0 Å². The summed E-state index contributed by atoms with van der Waals surface area (Å²) in [4.78, 5) is 11.6. The summed E-state index contributed by atoms with van der Waals surface area (Å²) in [6.45, 7) is 5.90. The van der Waals surface area contributed by atoms with Crippen molar-refractivity contribution >= 4 is 5.91 Å². The second-order valence-corrected chi connectivity index (χ2v) is 3.88. The molecule has 0 aliphatic rings. The summed E-state index contributed by atoms with van der Waals surface area (Å²) in [5.74, 6) is 0.298. The summed E-state index contributed by atoms with van der Waals surface area (Å²) in [7, 11) is 0.